The molecule has 86 valence electrons. The lowest BCUT2D eigenvalue weighted by atomic mass is 10.1. The number of para-hydroxylation sites is 2. The molecule has 0 unspecified atom stereocenters. The van der Waals surface area contributed by atoms with Gasteiger partial charge in [-0.25, -0.2) is 0 Å². The van der Waals surface area contributed by atoms with E-state index in [0.29, 0.717) is 12.4 Å². The van der Waals surface area contributed by atoms with Gasteiger partial charge in [-0.15, -0.1) is 0 Å². The van der Waals surface area contributed by atoms with Gasteiger partial charge in [0.25, 0.3) is 11.5 Å². The molecule has 1 aliphatic heterocycles. The molecule has 2 aromatic carbocycles. The number of azo groups is 2. The molecule has 0 atom stereocenters. The molecule has 18 heavy (non-hydrogen) atoms. The van der Waals surface area contributed by atoms with Crippen LogP contribution in [-0.4, -0.2) is 17.1 Å². The number of benzene rings is 2. The van der Waals surface area contributed by atoms with Crippen LogP contribution in [0, 0.1) is 5.41 Å². The summed E-state index contributed by atoms with van der Waals surface area (Å²) in [5.41, 5.74) is 2.66. The average Bonchev–Trinajstić information content (AvgIpc) is 2.74. The first-order chi connectivity index (χ1) is 8.83. The largest absolute Gasteiger partial charge is 0.449 e. The third kappa shape index (κ3) is 1.17. The molecule has 1 aliphatic rings. The summed E-state index contributed by atoms with van der Waals surface area (Å²) >= 11 is 0. The Morgan fingerprint density at radius 3 is 2.67 bits per heavy atom. The van der Waals surface area contributed by atoms with E-state index in [9.17, 15) is 0 Å². The van der Waals surface area contributed by atoms with Gasteiger partial charge in [0.15, 0.2) is 0 Å². The monoisotopic (exact) mass is 236 g/mol. The maximum Gasteiger partial charge on any atom is 0.275 e. The normalized spacial score (nSPS) is 14.9. The van der Waals surface area contributed by atoms with E-state index >= 15 is 0 Å². The van der Waals surface area contributed by atoms with Crippen molar-refractivity contribution in [1.29, 1.82) is 5.41 Å². The zero-order chi connectivity index (χ0) is 12.1. The van der Waals surface area contributed by atoms with E-state index in [0.717, 1.165) is 27.6 Å². The van der Waals surface area contributed by atoms with Gasteiger partial charge >= 0.3 is 0 Å². The van der Waals surface area contributed by atoms with E-state index in [1.807, 2.05) is 30.3 Å². The summed E-state index contributed by atoms with van der Waals surface area (Å²) < 4.78 is 7.70. The molecule has 1 N–H and O–H groups in total. The standard InChI is InChI=1S/C14H10N3O/c15-13-8-17(16-13)11-6-3-5-10-9-4-1-2-7-12(9)18-14(10)11/h1-7,15H,8H2/q+1. The molecule has 0 aliphatic carbocycles. The molecule has 0 radical (unpaired) electrons. The number of nitrogens with zero attached hydrogens (tertiary/aromatic N) is 2. The maximum absolute atomic E-state index is 7.39. The summed E-state index contributed by atoms with van der Waals surface area (Å²) in [6.45, 7) is 0.552. The first-order valence-electron chi connectivity index (χ1n) is 5.80. The van der Waals surface area contributed by atoms with Gasteiger partial charge in [0, 0.05) is 22.0 Å². The van der Waals surface area contributed by atoms with Crippen LogP contribution in [-0.2, 0) is 0 Å². The lowest BCUT2D eigenvalue weighted by Crippen LogP contribution is -2.24. The summed E-state index contributed by atoms with van der Waals surface area (Å²) in [5.74, 6) is 0.406. The second kappa shape index (κ2) is 3.26. The second-order valence-corrected chi connectivity index (χ2v) is 4.36. The Balaban J connectivity index is 2.10. The number of hydrogen-bond acceptors (Lipinski definition) is 2. The smallest absolute Gasteiger partial charge is 0.275 e. The molecule has 4 nitrogen and oxygen atoms in total. The van der Waals surface area contributed by atoms with Gasteiger partial charge in [-0.05, 0) is 12.1 Å². The van der Waals surface area contributed by atoms with E-state index < -0.39 is 0 Å². The first kappa shape index (κ1) is 9.53. The van der Waals surface area contributed by atoms with Crippen LogP contribution >= 0.6 is 0 Å². The van der Waals surface area contributed by atoms with E-state index in [-0.39, 0.29) is 0 Å². The summed E-state index contributed by atoms with van der Waals surface area (Å²) in [7, 11) is 0. The highest BCUT2D eigenvalue weighted by atomic mass is 16.3. The second-order valence-electron chi connectivity index (χ2n) is 4.36. The number of fused-ring (bicyclic) bond motifs is 3. The van der Waals surface area contributed by atoms with E-state index in [2.05, 4.69) is 17.2 Å². The molecule has 0 amide bonds. The van der Waals surface area contributed by atoms with Crippen LogP contribution in [0.1, 0.15) is 0 Å². The van der Waals surface area contributed by atoms with Gasteiger partial charge in [-0.2, -0.15) is 0 Å². The fourth-order valence-electron chi connectivity index (χ4n) is 2.35. The van der Waals surface area contributed by atoms with Gasteiger partial charge < -0.3 is 4.42 Å². The molecule has 0 spiro atoms. The van der Waals surface area contributed by atoms with Crippen molar-refractivity contribution in [3.63, 3.8) is 0 Å². The van der Waals surface area contributed by atoms with Crippen LogP contribution in [0.4, 0.5) is 5.69 Å². The Morgan fingerprint density at radius 2 is 1.83 bits per heavy atom. The van der Waals surface area contributed by atoms with Crippen molar-refractivity contribution in [3.8, 4) is 0 Å². The van der Waals surface area contributed by atoms with Crippen LogP contribution in [0.25, 0.3) is 21.9 Å². The predicted molar refractivity (Wildman–Crippen MR) is 68.7 cm³/mol. The van der Waals surface area contributed by atoms with Crippen molar-refractivity contribution < 1.29 is 9.11 Å². The summed E-state index contributed by atoms with van der Waals surface area (Å²) in [6.07, 6.45) is 0. The molecule has 0 saturated carbocycles. The van der Waals surface area contributed by atoms with Gasteiger partial charge in [0.2, 0.25) is 12.1 Å². The van der Waals surface area contributed by atoms with Crippen molar-refractivity contribution in [1.82, 2.24) is 0 Å². The Morgan fingerprint density at radius 1 is 1.06 bits per heavy atom. The van der Waals surface area contributed by atoms with Gasteiger partial charge in [-0.3, -0.25) is 5.41 Å². The summed E-state index contributed by atoms with van der Waals surface area (Å²) in [6, 6.07) is 14.0. The van der Waals surface area contributed by atoms with Crippen LogP contribution in [0.15, 0.2) is 52.0 Å². The zero-order valence-electron chi connectivity index (χ0n) is 9.55. The number of hydrogen-bond donors (Lipinski definition) is 1. The molecule has 0 fully saturated rings. The highest BCUT2D eigenvalue weighted by molar-refractivity contribution is 6.07. The minimum atomic E-state index is 0.406. The highest BCUT2D eigenvalue weighted by Gasteiger charge is 2.29. The summed E-state index contributed by atoms with van der Waals surface area (Å²) in [5, 5.41) is 13.7. The van der Waals surface area contributed by atoms with E-state index in [4.69, 9.17) is 9.83 Å². The van der Waals surface area contributed by atoms with Crippen molar-refractivity contribution in [2.45, 2.75) is 0 Å². The number of rotatable bonds is 1. The lowest BCUT2D eigenvalue weighted by Gasteiger charge is -2.05. The molecule has 2 heterocycles. The fourth-order valence-corrected chi connectivity index (χ4v) is 2.35. The Bertz CT molecular complexity index is 829. The topological polar surface area (TPSA) is 52.4 Å². The zero-order valence-corrected chi connectivity index (χ0v) is 9.55. The van der Waals surface area contributed by atoms with Crippen LogP contribution in [0.5, 0.6) is 0 Å². The van der Waals surface area contributed by atoms with Crippen LogP contribution in [0.2, 0.25) is 0 Å². The minimum Gasteiger partial charge on any atom is -0.449 e. The highest BCUT2D eigenvalue weighted by Crippen LogP contribution is 2.35. The van der Waals surface area contributed by atoms with Gasteiger partial charge in [-0.1, -0.05) is 29.0 Å². The van der Waals surface area contributed by atoms with Crippen molar-refractivity contribution >= 4 is 33.5 Å². The SMILES string of the molecule is N=C1C[N+](c2cccc3c2oc2ccccc23)=N1. The fraction of sp³-hybridized carbons (Fsp3) is 0.0714. The Hall–Kier alpha value is -2.49. The first-order valence-corrected chi connectivity index (χ1v) is 5.80. The average molecular weight is 236 g/mol. The van der Waals surface area contributed by atoms with Crippen molar-refractivity contribution in [2.24, 2.45) is 5.11 Å². The molecule has 4 rings (SSSR count). The number of furan rings is 1. The number of amidine groups is 1. The Labute approximate surface area is 103 Å². The molecular weight excluding hydrogens is 226 g/mol. The predicted octanol–water partition coefficient (Wildman–Crippen LogP) is 3.67. The van der Waals surface area contributed by atoms with Crippen molar-refractivity contribution in [3.05, 3.63) is 42.5 Å². The van der Waals surface area contributed by atoms with Gasteiger partial charge in [0.1, 0.15) is 5.58 Å². The van der Waals surface area contributed by atoms with Crippen molar-refractivity contribution in [2.75, 3.05) is 6.54 Å². The van der Waals surface area contributed by atoms with Crippen LogP contribution in [0.3, 0.4) is 0 Å². The van der Waals surface area contributed by atoms with E-state index in [1.165, 1.54) is 0 Å². The molecule has 0 bridgehead atoms. The molecule has 3 aromatic rings. The van der Waals surface area contributed by atoms with Gasteiger partial charge in [0.05, 0.1) is 0 Å². The third-order valence-corrected chi connectivity index (χ3v) is 3.20. The molecule has 4 heteroatoms. The molecular formula is C14H10N3O+. The maximum atomic E-state index is 7.39. The lowest BCUT2D eigenvalue weighted by molar-refractivity contribution is -0.515. The number of nitrogens with one attached hydrogen (secondary N) is 1. The minimum absolute atomic E-state index is 0.406. The van der Waals surface area contributed by atoms with E-state index in [1.54, 1.807) is 4.70 Å². The Kier molecular flexibility index (Phi) is 1.73. The third-order valence-electron chi connectivity index (χ3n) is 3.20. The molecule has 1 aromatic heterocycles. The quantitative estimate of drug-likeness (QED) is 0.644. The molecule has 0 saturated heterocycles. The summed E-state index contributed by atoms with van der Waals surface area (Å²) in [4.78, 5) is 0. The van der Waals surface area contributed by atoms with Crippen LogP contribution < -0.4 is 0 Å².